The van der Waals surface area contributed by atoms with Crippen LogP contribution in [-0.2, 0) is 6.54 Å². The zero-order valence-electron chi connectivity index (χ0n) is 20.7. The summed E-state index contributed by atoms with van der Waals surface area (Å²) in [5.74, 6) is -0.977. The molecule has 0 bridgehead atoms. The maximum absolute atomic E-state index is 13.9. The van der Waals surface area contributed by atoms with Gasteiger partial charge in [-0.25, -0.2) is 8.78 Å². The van der Waals surface area contributed by atoms with E-state index in [2.05, 4.69) is 34.1 Å². The molecule has 5 heteroatoms. The van der Waals surface area contributed by atoms with E-state index in [1.54, 1.807) is 6.07 Å². The van der Waals surface area contributed by atoms with Gasteiger partial charge in [-0.1, -0.05) is 73.9 Å². The Hall–Kier alpha value is -3.05. The Balaban J connectivity index is 1.40. The van der Waals surface area contributed by atoms with E-state index < -0.39 is 11.6 Å². The number of hydrogen-bond acceptors (Lipinski definition) is 2. The molecular formula is C31H34F2N2O. The first-order valence-electron chi connectivity index (χ1n) is 13.2. The van der Waals surface area contributed by atoms with Crippen LogP contribution in [0.4, 0.5) is 8.78 Å². The van der Waals surface area contributed by atoms with Gasteiger partial charge in [0, 0.05) is 43.7 Å². The second-order valence-corrected chi connectivity index (χ2v) is 10.3. The average Bonchev–Trinajstić information content (AvgIpc) is 3.32. The first-order chi connectivity index (χ1) is 17.6. The summed E-state index contributed by atoms with van der Waals surface area (Å²) in [5.41, 5.74) is 2.79. The molecule has 188 valence electrons. The van der Waals surface area contributed by atoms with Crippen molar-refractivity contribution in [2.45, 2.75) is 50.6 Å². The van der Waals surface area contributed by atoms with Gasteiger partial charge in [0.2, 0.25) is 0 Å². The van der Waals surface area contributed by atoms with Crippen molar-refractivity contribution >= 4 is 5.91 Å². The monoisotopic (exact) mass is 488 g/mol. The summed E-state index contributed by atoms with van der Waals surface area (Å²) in [4.78, 5) is 18.2. The molecule has 3 nitrogen and oxygen atoms in total. The van der Waals surface area contributed by atoms with E-state index in [4.69, 9.17) is 0 Å². The lowest BCUT2D eigenvalue weighted by atomic mass is 9.87. The average molecular weight is 489 g/mol. The van der Waals surface area contributed by atoms with Crippen LogP contribution < -0.4 is 0 Å². The van der Waals surface area contributed by atoms with Gasteiger partial charge >= 0.3 is 0 Å². The van der Waals surface area contributed by atoms with Crippen LogP contribution in [0.5, 0.6) is 0 Å². The number of benzene rings is 3. The third kappa shape index (κ3) is 5.67. The van der Waals surface area contributed by atoms with Gasteiger partial charge in [-0.3, -0.25) is 9.69 Å². The van der Waals surface area contributed by atoms with Crippen molar-refractivity contribution in [1.82, 2.24) is 9.80 Å². The molecule has 0 radical (unpaired) electrons. The van der Waals surface area contributed by atoms with Gasteiger partial charge in [-0.15, -0.1) is 0 Å². The van der Waals surface area contributed by atoms with E-state index in [-0.39, 0.29) is 23.8 Å². The fourth-order valence-electron chi connectivity index (χ4n) is 6.04. The molecule has 5 rings (SSSR count). The summed E-state index contributed by atoms with van der Waals surface area (Å²) in [6, 6.07) is 24.6. The van der Waals surface area contributed by atoms with Gasteiger partial charge < -0.3 is 4.90 Å². The molecule has 0 aromatic heterocycles. The number of likely N-dealkylation sites (tertiary alicyclic amines) is 1. The molecule has 1 aliphatic heterocycles. The van der Waals surface area contributed by atoms with Crippen molar-refractivity contribution in [2.24, 2.45) is 5.92 Å². The Morgan fingerprint density at radius 3 is 2.22 bits per heavy atom. The summed E-state index contributed by atoms with van der Waals surface area (Å²) in [5, 5.41) is 0. The number of nitrogens with zero attached hydrogens (tertiary/aromatic N) is 2. The highest BCUT2D eigenvalue weighted by Crippen LogP contribution is 2.36. The minimum absolute atomic E-state index is 0.119. The molecule has 2 atom stereocenters. The number of hydrogen-bond donors (Lipinski definition) is 0. The zero-order chi connectivity index (χ0) is 24.9. The van der Waals surface area contributed by atoms with Crippen LogP contribution >= 0.6 is 0 Å². The number of rotatable bonds is 7. The van der Waals surface area contributed by atoms with Crippen LogP contribution in [-0.4, -0.2) is 41.4 Å². The van der Waals surface area contributed by atoms with Crippen molar-refractivity contribution in [1.29, 1.82) is 0 Å². The van der Waals surface area contributed by atoms with Crippen molar-refractivity contribution in [2.75, 3.05) is 19.6 Å². The quantitative estimate of drug-likeness (QED) is 0.371. The summed E-state index contributed by atoms with van der Waals surface area (Å²) >= 11 is 0. The molecule has 0 spiro atoms. The van der Waals surface area contributed by atoms with Gasteiger partial charge in [-0.2, -0.15) is 0 Å². The second-order valence-electron chi connectivity index (χ2n) is 10.3. The number of amides is 1. The molecule has 1 amide bonds. The summed E-state index contributed by atoms with van der Waals surface area (Å²) in [7, 11) is 0. The van der Waals surface area contributed by atoms with Crippen LogP contribution in [0.15, 0.2) is 78.9 Å². The zero-order valence-corrected chi connectivity index (χ0v) is 20.7. The number of halogens is 2. The van der Waals surface area contributed by atoms with Crippen LogP contribution in [0.3, 0.4) is 0 Å². The molecule has 1 heterocycles. The van der Waals surface area contributed by atoms with E-state index in [0.29, 0.717) is 13.1 Å². The first kappa shape index (κ1) is 24.6. The van der Waals surface area contributed by atoms with E-state index in [1.165, 1.54) is 24.1 Å². The minimum Gasteiger partial charge on any atom is -0.335 e. The molecule has 36 heavy (non-hydrogen) atoms. The van der Waals surface area contributed by atoms with Crippen LogP contribution in [0, 0.1) is 17.6 Å². The Bertz CT molecular complexity index is 1150. The largest absolute Gasteiger partial charge is 0.335 e. The number of carbonyl (C=O) groups excluding carboxylic acids is 1. The lowest BCUT2D eigenvalue weighted by molar-refractivity contribution is 0.0588. The second kappa shape index (κ2) is 11.3. The normalized spacial score (nSPS) is 20.9. The molecule has 1 saturated carbocycles. The Morgan fingerprint density at radius 2 is 1.53 bits per heavy atom. The fourth-order valence-corrected chi connectivity index (χ4v) is 6.04. The summed E-state index contributed by atoms with van der Waals surface area (Å²) < 4.78 is 27.3. The van der Waals surface area contributed by atoms with E-state index in [1.807, 2.05) is 36.4 Å². The SMILES string of the molecule is O=C(c1ccccc1)N(CC1CN(Cc2ccc(F)c(F)c2)CC1c1ccccc1)C1CCCCC1. The third-order valence-electron chi connectivity index (χ3n) is 7.86. The molecule has 3 aromatic carbocycles. The highest BCUT2D eigenvalue weighted by Gasteiger charge is 2.37. The van der Waals surface area contributed by atoms with E-state index >= 15 is 0 Å². The van der Waals surface area contributed by atoms with E-state index in [9.17, 15) is 13.6 Å². The molecule has 2 fully saturated rings. The van der Waals surface area contributed by atoms with Gasteiger partial charge in [0.05, 0.1) is 0 Å². The van der Waals surface area contributed by atoms with Crippen LogP contribution in [0.25, 0.3) is 0 Å². The smallest absolute Gasteiger partial charge is 0.254 e. The van der Waals surface area contributed by atoms with Crippen molar-refractivity contribution in [3.63, 3.8) is 0 Å². The van der Waals surface area contributed by atoms with Crippen LogP contribution in [0.1, 0.15) is 59.5 Å². The van der Waals surface area contributed by atoms with Gasteiger partial charge in [0.1, 0.15) is 0 Å². The molecule has 1 saturated heterocycles. The minimum atomic E-state index is -0.817. The lowest BCUT2D eigenvalue weighted by Gasteiger charge is -2.37. The maximum atomic E-state index is 13.9. The summed E-state index contributed by atoms with van der Waals surface area (Å²) in [6.45, 7) is 2.90. The maximum Gasteiger partial charge on any atom is 0.254 e. The topological polar surface area (TPSA) is 23.6 Å². The number of carbonyl (C=O) groups is 1. The van der Waals surface area contributed by atoms with Crippen molar-refractivity contribution in [3.05, 3.63) is 107 Å². The molecular weight excluding hydrogens is 454 g/mol. The summed E-state index contributed by atoms with van der Waals surface area (Å²) in [6.07, 6.45) is 5.68. The molecule has 1 aliphatic carbocycles. The predicted molar refractivity (Wildman–Crippen MR) is 139 cm³/mol. The highest BCUT2D eigenvalue weighted by atomic mass is 19.2. The predicted octanol–water partition coefficient (Wildman–Crippen LogP) is 6.66. The van der Waals surface area contributed by atoms with Crippen molar-refractivity contribution < 1.29 is 13.6 Å². The molecule has 3 aromatic rings. The first-order valence-corrected chi connectivity index (χ1v) is 13.2. The van der Waals surface area contributed by atoms with Gasteiger partial charge in [0.25, 0.3) is 5.91 Å². The van der Waals surface area contributed by atoms with Gasteiger partial charge in [0.15, 0.2) is 11.6 Å². The van der Waals surface area contributed by atoms with Crippen molar-refractivity contribution in [3.8, 4) is 0 Å². The highest BCUT2D eigenvalue weighted by molar-refractivity contribution is 5.94. The van der Waals surface area contributed by atoms with Gasteiger partial charge in [-0.05, 0) is 54.2 Å². The molecule has 0 N–H and O–H groups in total. The van der Waals surface area contributed by atoms with Crippen LogP contribution in [0.2, 0.25) is 0 Å². The standard InChI is InChI=1S/C31H34F2N2O/c32-29-17-16-23(18-30(29)33)19-34-20-26(28(22-34)24-10-4-1-5-11-24)21-35(27-14-8-3-9-15-27)31(36)25-12-6-2-7-13-25/h1-2,4-7,10-13,16-18,26-28H,3,8-9,14-15,19-22H2. The third-order valence-corrected chi connectivity index (χ3v) is 7.86. The molecule has 2 unspecified atom stereocenters. The Kier molecular flexibility index (Phi) is 7.76. The van der Waals surface area contributed by atoms with E-state index in [0.717, 1.165) is 49.9 Å². The Labute approximate surface area is 212 Å². The molecule has 2 aliphatic rings. The fraction of sp³-hybridized carbons (Fsp3) is 0.387. The lowest BCUT2D eigenvalue weighted by Crippen LogP contribution is -2.45. The Morgan fingerprint density at radius 1 is 0.833 bits per heavy atom.